The molecular formula is C11H11ClN4. The van der Waals surface area contributed by atoms with Crippen molar-refractivity contribution in [3.63, 3.8) is 0 Å². The van der Waals surface area contributed by atoms with Crippen molar-refractivity contribution in [2.45, 2.75) is 13.3 Å². The molecule has 0 amide bonds. The maximum absolute atomic E-state index is 5.72. The van der Waals surface area contributed by atoms with Crippen molar-refractivity contribution in [2.24, 2.45) is 0 Å². The highest BCUT2D eigenvalue weighted by molar-refractivity contribution is 6.28. The summed E-state index contributed by atoms with van der Waals surface area (Å²) in [5.41, 5.74) is 7.65. The molecule has 0 aliphatic heterocycles. The van der Waals surface area contributed by atoms with Gasteiger partial charge in [-0.3, -0.25) is 0 Å². The molecule has 4 nitrogen and oxygen atoms in total. The van der Waals surface area contributed by atoms with Crippen LogP contribution in [0.15, 0.2) is 24.3 Å². The summed E-state index contributed by atoms with van der Waals surface area (Å²) < 4.78 is 0. The fourth-order valence-corrected chi connectivity index (χ4v) is 1.55. The summed E-state index contributed by atoms with van der Waals surface area (Å²) in [6.07, 6.45) is 1.00. The first-order valence-corrected chi connectivity index (χ1v) is 5.33. The number of rotatable bonds is 2. The predicted octanol–water partition coefficient (Wildman–Crippen LogP) is 2.34. The van der Waals surface area contributed by atoms with Crippen LogP contribution in [0, 0.1) is 0 Å². The molecule has 1 heterocycles. The molecule has 0 saturated heterocycles. The van der Waals surface area contributed by atoms with Crippen molar-refractivity contribution < 1.29 is 0 Å². The van der Waals surface area contributed by atoms with Gasteiger partial charge in [0, 0.05) is 5.56 Å². The number of nitrogens with zero attached hydrogens (tertiary/aromatic N) is 3. The molecule has 82 valence electrons. The summed E-state index contributed by atoms with van der Waals surface area (Å²) >= 11 is 5.72. The number of halogens is 1. The lowest BCUT2D eigenvalue weighted by molar-refractivity contribution is 1.07. The van der Waals surface area contributed by atoms with Gasteiger partial charge >= 0.3 is 0 Å². The Hall–Kier alpha value is -1.68. The van der Waals surface area contributed by atoms with E-state index in [0.717, 1.165) is 12.0 Å². The summed E-state index contributed by atoms with van der Waals surface area (Å²) in [6.45, 7) is 2.10. The number of nitrogen functional groups attached to an aromatic ring is 1. The van der Waals surface area contributed by atoms with Gasteiger partial charge < -0.3 is 5.73 Å². The van der Waals surface area contributed by atoms with E-state index in [9.17, 15) is 0 Å². The molecular weight excluding hydrogens is 224 g/mol. The lowest BCUT2D eigenvalue weighted by atomic mass is 10.1. The molecule has 0 fully saturated rings. The minimum Gasteiger partial charge on any atom is -0.368 e. The van der Waals surface area contributed by atoms with Crippen molar-refractivity contribution in [3.8, 4) is 11.4 Å². The highest BCUT2D eigenvalue weighted by atomic mass is 35.5. The maximum Gasteiger partial charge on any atom is 0.227 e. The average molecular weight is 235 g/mol. The first kappa shape index (κ1) is 10.8. The van der Waals surface area contributed by atoms with E-state index >= 15 is 0 Å². The smallest absolute Gasteiger partial charge is 0.227 e. The second-order valence-electron chi connectivity index (χ2n) is 3.34. The molecule has 0 radical (unpaired) electrons. The van der Waals surface area contributed by atoms with Crippen molar-refractivity contribution in [1.29, 1.82) is 0 Å². The van der Waals surface area contributed by atoms with E-state index < -0.39 is 0 Å². The van der Waals surface area contributed by atoms with E-state index in [4.69, 9.17) is 17.3 Å². The number of hydrogen-bond donors (Lipinski definition) is 1. The summed E-state index contributed by atoms with van der Waals surface area (Å²) in [5, 5.41) is 0.113. The quantitative estimate of drug-likeness (QED) is 0.866. The molecule has 2 rings (SSSR count). The van der Waals surface area contributed by atoms with E-state index in [-0.39, 0.29) is 11.2 Å². The topological polar surface area (TPSA) is 64.7 Å². The van der Waals surface area contributed by atoms with Gasteiger partial charge in [-0.2, -0.15) is 15.0 Å². The van der Waals surface area contributed by atoms with Crippen LogP contribution < -0.4 is 5.73 Å². The van der Waals surface area contributed by atoms with Crippen LogP contribution in [0.4, 0.5) is 5.95 Å². The number of hydrogen-bond acceptors (Lipinski definition) is 4. The van der Waals surface area contributed by atoms with Crippen LogP contribution in [0.1, 0.15) is 12.5 Å². The summed E-state index contributed by atoms with van der Waals surface area (Å²) in [5.74, 6) is 0.634. The van der Waals surface area contributed by atoms with Crippen molar-refractivity contribution in [2.75, 3.05) is 5.73 Å². The van der Waals surface area contributed by atoms with E-state index in [0.29, 0.717) is 5.82 Å². The largest absolute Gasteiger partial charge is 0.368 e. The van der Waals surface area contributed by atoms with Crippen LogP contribution >= 0.6 is 11.6 Å². The molecule has 2 N–H and O–H groups in total. The first-order chi connectivity index (χ1) is 7.69. The van der Waals surface area contributed by atoms with Gasteiger partial charge in [0.15, 0.2) is 5.82 Å². The molecule has 0 spiro atoms. The fourth-order valence-electron chi connectivity index (χ4n) is 1.38. The number of aryl methyl sites for hydroxylation is 1. The normalized spacial score (nSPS) is 10.4. The van der Waals surface area contributed by atoms with Crippen LogP contribution in [-0.2, 0) is 6.42 Å². The lowest BCUT2D eigenvalue weighted by Gasteiger charge is -2.02. The first-order valence-electron chi connectivity index (χ1n) is 4.95. The summed E-state index contributed by atoms with van der Waals surface area (Å²) in [6, 6.07) is 7.96. The minimum atomic E-state index is 0.113. The van der Waals surface area contributed by atoms with Crippen molar-refractivity contribution in [1.82, 2.24) is 15.0 Å². The van der Waals surface area contributed by atoms with Crippen molar-refractivity contribution >= 4 is 17.5 Å². The lowest BCUT2D eigenvalue weighted by Crippen LogP contribution is -1.99. The minimum absolute atomic E-state index is 0.113. The molecule has 0 aliphatic rings. The second kappa shape index (κ2) is 4.45. The van der Waals surface area contributed by atoms with Crippen LogP contribution in [0.25, 0.3) is 11.4 Å². The summed E-state index contributed by atoms with van der Waals surface area (Å²) in [7, 11) is 0. The molecule has 0 atom stereocenters. The Morgan fingerprint density at radius 3 is 2.38 bits per heavy atom. The van der Waals surface area contributed by atoms with Gasteiger partial charge in [-0.25, -0.2) is 0 Å². The molecule has 0 bridgehead atoms. The zero-order chi connectivity index (χ0) is 11.5. The molecule has 5 heteroatoms. The zero-order valence-corrected chi connectivity index (χ0v) is 9.57. The maximum atomic E-state index is 5.72. The van der Waals surface area contributed by atoms with Crippen LogP contribution in [0.5, 0.6) is 0 Å². The Kier molecular flexibility index (Phi) is 3.01. The fraction of sp³-hybridized carbons (Fsp3) is 0.182. The Morgan fingerprint density at radius 2 is 1.81 bits per heavy atom. The zero-order valence-electron chi connectivity index (χ0n) is 8.81. The molecule has 16 heavy (non-hydrogen) atoms. The van der Waals surface area contributed by atoms with E-state index in [2.05, 4.69) is 21.9 Å². The van der Waals surface area contributed by atoms with E-state index in [1.54, 1.807) is 0 Å². The van der Waals surface area contributed by atoms with Gasteiger partial charge in [0.25, 0.3) is 0 Å². The van der Waals surface area contributed by atoms with Crippen molar-refractivity contribution in [3.05, 3.63) is 35.1 Å². The van der Waals surface area contributed by atoms with Crippen LogP contribution in [0.3, 0.4) is 0 Å². The summed E-state index contributed by atoms with van der Waals surface area (Å²) in [4.78, 5) is 11.8. The number of nitrogens with two attached hydrogens (primary N) is 1. The van der Waals surface area contributed by atoms with Gasteiger partial charge in [0.1, 0.15) is 0 Å². The molecule has 1 aromatic heterocycles. The number of anilines is 1. The Bertz CT molecular complexity index is 476. The van der Waals surface area contributed by atoms with Gasteiger partial charge in [-0.1, -0.05) is 31.2 Å². The van der Waals surface area contributed by atoms with E-state index in [1.165, 1.54) is 5.56 Å². The third-order valence-corrected chi connectivity index (χ3v) is 2.41. The standard InChI is InChI=1S/C11H11ClN4/c1-2-7-3-5-8(6-4-7)9-14-10(12)16-11(13)15-9/h3-6H,2H2,1H3,(H2,13,14,15,16). The Morgan fingerprint density at radius 1 is 1.12 bits per heavy atom. The van der Waals surface area contributed by atoms with Gasteiger partial charge in [0.2, 0.25) is 11.2 Å². The second-order valence-corrected chi connectivity index (χ2v) is 3.67. The Balaban J connectivity index is 2.42. The van der Waals surface area contributed by atoms with Crippen LogP contribution in [-0.4, -0.2) is 15.0 Å². The van der Waals surface area contributed by atoms with E-state index in [1.807, 2.05) is 24.3 Å². The molecule has 0 aliphatic carbocycles. The highest BCUT2D eigenvalue weighted by Gasteiger charge is 2.04. The molecule has 0 saturated carbocycles. The van der Waals surface area contributed by atoms with Gasteiger partial charge in [0.05, 0.1) is 0 Å². The SMILES string of the molecule is CCc1ccc(-c2nc(N)nc(Cl)n2)cc1. The molecule has 0 unspecified atom stereocenters. The van der Waals surface area contributed by atoms with Crippen LogP contribution in [0.2, 0.25) is 5.28 Å². The number of benzene rings is 1. The monoisotopic (exact) mass is 234 g/mol. The molecule has 2 aromatic rings. The average Bonchev–Trinajstić information content (AvgIpc) is 2.28. The van der Waals surface area contributed by atoms with Gasteiger partial charge in [-0.15, -0.1) is 0 Å². The molecule has 1 aromatic carbocycles. The predicted molar refractivity (Wildman–Crippen MR) is 64.1 cm³/mol. The Labute approximate surface area is 98.5 Å². The highest BCUT2D eigenvalue weighted by Crippen LogP contribution is 2.17. The van der Waals surface area contributed by atoms with Gasteiger partial charge in [-0.05, 0) is 23.6 Å². The third kappa shape index (κ3) is 2.28. The third-order valence-electron chi connectivity index (χ3n) is 2.25. The number of aromatic nitrogens is 3.